The van der Waals surface area contributed by atoms with Crippen LogP contribution in [0.1, 0.15) is 47.8 Å². The quantitative estimate of drug-likeness (QED) is 0.708. The van der Waals surface area contributed by atoms with Gasteiger partial charge in [0.1, 0.15) is 6.54 Å². The lowest BCUT2D eigenvalue weighted by atomic mass is 9.72. The molecule has 0 spiro atoms. The van der Waals surface area contributed by atoms with E-state index in [1.165, 1.54) is 6.07 Å². The highest BCUT2D eigenvalue weighted by molar-refractivity contribution is 6.02. The van der Waals surface area contributed by atoms with Gasteiger partial charge in [0.25, 0.3) is 5.91 Å². The third kappa shape index (κ3) is 4.48. The summed E-state index contributed by atoms with van der Waals surface area (Å²) in [6.07, 6.45) is 0.750. The standard InChI is InChI=1S/C20H22F3N5O2/c21-20(22,23)11-28-10-9-16(27-28)19(30)24-13-7-5-12(6-8-13)17-14-3-1-2-4-15(14)18(29)26-25-17/h5-10,14-15,17,25H,1-4,11H2,(H,24,30)(H,26,29). The Hall–Kier alpha value is -2.88. The average Bonchev–Trinajstić information content (AvgIpc) is 3.16. The molecule has 1 saturated carbocycles. The second-order valence-corrected chi connectivity index (χ2v) is 7.76. The number of fused-ring (bicyclic) bond motifs is 1. The molecule has 3 atom stereocenters. The summed E-state index contributed by atoms with van der Waals surface area (Å²) < 4.78 is 38.0. The zero-order chi connectivity index (χ0) is 21.3. The first-order chi connectivity index (χ1) is 14.3. The minimum atomic E-state index is -4.40. The number of alkyl halides is 3. The van der Waals surface area contributed by atoms with Crippen LogP contribution in [0.5, 0.6) is 0 Å². The maximum Gasteiger partial charge on any atom is 0.408 e. The van der Waals surface area contributed by atoms with Crippen molar-refractivity contribution in [3.05, 3.63) is 47.8 Å². The molecule has 2 aliphatic rings. The van der Waals surface area contributed by atoms with Gasteiger partial charge in [-0.3, -0.25) is 19.7 Å². The second kappa shape index (κ2) is 8.10. The van der Waals surface area contributed by atoms with Gasteiger partial charge in [-0.2, -0.15) is 18.3 Å². The number of hydrogen-bond acceptors (Lipinski definition) is 4. The van der Waals surface area contributed by atoms with Crippen molar-refractivity contribution in [3.8, 4) is 0 Å². The molecule has 10 heteroatoms. The van der Waals surface area contributed by atoms with Crippen LogP contribution in [0.3, 0.4) is 0 Å². The number of carbonyl (C=O) groups is 2. The maximum atomic E-state index is 12.4. The van der Waals surface area contributed by atoms with Gasteiger partial charge in [-0.1, -0.05) is 25.0 Å². The molecule has 1 aliphatic carbocycles. The zero-order valence-electron chi connectivity index (χ0n) is 16.1. The van der Waals surface area contributed by atoms with Gasteiger partial charge in [0.15, 0.2) is 5.69 Å². The summed E-state index contributed by atoms with van der Waals surface area (Å²) in [5.41, 5.74) is 7.28. The molecule has 1 aromatic carbocycles. The van der Waals surface area contributed by atoms with Crippen LogP contribution in [0, 0.1) is 11.8 Å². The van der Waals surface area contributed by atoms with Crippen LogP contribution in [0.4, 0.5) is 18.9 Å². The summed E-state index contributed by atoms with van der Waals surface area (Å²) in [6.45, 7) is -1.25. The van der Waals surface area contributed by atoms with Crippen LogP contribution in [0.15, 0.2) is 36.5 Å². The smallest absolute Gasteiger partial charge is 0.321 e. The van der Waals surface area contributed by atoms with E-state index in [1.54, 1.807) is 12.1 Å². The fourth-order valence-electron chi connectivity index (χ4n) is 4.29. The van der Waals surface area contributed by atoms with E-state index < -0.39 is 18.6 Å². The highest BCUT2D eigenvalue weighted by atomic mass is 19.4. The molecule has 2 heterocycles. The van der Waals surface area contributed by atoms with Crippen LogP contribution < -0.4 is 16.2 Å². The van der Waals surface area contributed by atoms with E-state index in [0.29, 0.717) is 10.4 Å². The van der Waals surface area contributed by atoms with Gasteiger partial charge in [0.2, 0.25) is 5.91 Å². The number of hydrazine groups is 1. The molecule has 4 rings (SSSR count). The number of amides is 2. The van der Waals surface area contributed by atoms with Gasteiger partial charge in [-0.15, -0.1) is 0 Å². The Kier molecular flexibility index (Phi) is 5.50. The van der Waals surface area contributed by atoms with E-state index in [-0.39, 0.29) is 29.5 Å². The van der Waals surface area contributed by atoms with Gasteiger partial charge in [0, 0.05) is 17.8 Å². The van der Waals surface area contributed by atoms with Crippen molar-refractivity contribution in [3.63, 3.8) is 0 Å². The molecule has 3 unspecified atom stereocenters. The number of rotatable bonds is 4. The van der Waals surface area contributed by atoms with Gasteiger partial charge < -0.3 is 5.32 Å². The highest BCUT2D eigenvalue weighted by Gasteiger charge is 2.40. The van der Waals surface area contributed by atoms with E-state index in [4.69, 9.17) is 0 Å². The molecule has 160 valence electrons. The number of halogens is 3. The zero-order valence-corrected chi connectivity index (χ0v) is 16.1. The van der Waals surface area contributed by atoms with Crippen molar-refractivity contribution < 1.29 is 22.8 Å². The Balaban J connectivity index is 1.41. The molecule has 1 aliphatic heterocycles. The summed E-state index contributed by atoms with van der Waals surface area (Å²) in [7, 11) is 0. The highest BCUT2D eigenvalue weighted by Crippen LogP contribution is 2.40. The minimum Gasteiger partial charge on any atom is -0.321 e. The van der Waals surface area contributed by atoms with E-state index in [0.717, 1.165) is 37.4 Å². The Morgan fingerprint density at radius 1 is 1.17 bits per heavy atom. The van der Waals surface area contributed by atoms with Gasteiger partial charge in [-0.25, -0.2) is 5.43 Å². The number of aromatic nitrogens is 2. The van der Waals surface area contributed by atoms with Gasteiger partial charge in [0.05, 0.1) is 6.04 Å². The van der Waals surface area contributed by atoms with Crippen molar-refractivity contribution in [1.29, 1.82) is 0 Å². The topological polar surface area (TPSA) is 88.0 Å². The van der Waals surface area contributed by atoms with Gasteiger partial charge in [-0.05, 0) is 42.5 Å². The lowest BCUT2D eigenvalue weighted by Gasteiger charge is -2.41. The summed E-state index contributed by atoms with van der Waals surface area (Å²) in [5.74, 6) is -0.300. The number of benzene rings is 1. The third-order valence-electron chi connectivity index (χ3n) is 5.68. The molecule has 1 saturated heterocycles. The summed E-state index contributed by atoms with van der Waals surface area (Å²) >= 11 is 0. The van der Waals surface area contributed by atoms with Crippen LogP contribution in [-0.2, 0) is 11.3 Å². The first-order valence-corrected chi connectivity index (χ1v) is 9.87. The van der Waals surface area contributed by atoms with Crippen LogP contribution in [0.25, 0.3) is 0 Å². The predicted molar refractivity (Wildman–Crippen MR) is 102 cm³/mol. The molecular formula is C20H22F3N5O2. The fourth-order valence-corrected chi connectivity index (χ4v) is 4.29. The molecule has 1 aromatic heterocycles. The third-order valence-corrected chi connectivity index (χ3v) is 5.68. The molecule has 2 fully saturated rings. The Morgan fingerprint density at radius 2 is 1.90 bits per heavy atom. The summed E-state index contributed by atoms with van der Waals surface area (Å²) in [4.78, 5) is 24.4. The molecule has 0 radical (unpaired) electrons. The molecule has 30 heavy (non-hydrogen) atoms. The number of nitrogens with one attached hydrogen (secondary N) is 3. The average molecular weight is 421 g/mol. The largest absolute Gasteiger partial charge is 0.408 e. The predicted octanol–water partition coefficient (Wildman–Crippen LogP) is 3.18. The van der Waals surface area contributed by atoms with Crippen LogP contribution in [-0.4, -0.2) is 27.8 Å². The lowest BCUT2D eigenvalue weighted by molar-refractivity contribution is -0.142. The number of nitrogens with zero attached hydrogens (tertiary/aromatic N) is 2. The Morgan fingerprint density at radius 3 is 2.63 bits per heavy atom. The fraction of sp³-hybridized carbons (Fsp3) is 0.450. The van der Waals surface area contributed by atoms with Crippen molar-refractivity contribution in [2.24, 2.45) is 11.8 Å². The summed E-state index contributed by atoms with van der Waals surface area (Å²) in [6, 6.07) is 8.45. The van der Waals surface area contributed by atoms with Gasteiger partial charge >= 0.3 is 6.18 Å². The molecule has 2 aromatic rings. The van der Waals surface area contributed by atoms with Crippen molar-refractivity contribution in [2.75, 3.05) is 5.32 Å². The first-order valence-electron chi connectivity index (χ1n) is 9.87. The van der Waals surface area contributed by atoms with E-state index in [1.807, 2.05) is 12.1 Å². The summed E-state index contributed by atoms with van der Waals surface area (Å²) in [5, 5.41) is 6.31. The maximum absolute atomic E-state index is 12.4. The second-order valence-electron chi connectivity index (χ2n) is 7.76. The van der Waals surface area contributed by atoms with Crippen molar-refractivity contribution >= 4 is 17.5 Å². The minimum absolute atomic E-state index is 0.00387. The van der Waals surface area contributed by atoms with E-state index >= 15 is 0 Å². The normalized spacial score (nSPS) is 24.1. The number of carbonyl (C=O) groups excluding carboxylic acids is 2. The number of anilines is 1. The SMILES string of the molecule is O=C(Nc1ccc(C2NNC(=O)C3CCCCC32)cc1)c1ccn(CC(F)(F)F)n1. The molecule has 0 bridgehead atoms. The molecule has 3 N–H and O–H groups in total. The van der Waals surface area contributed by atoms with Crippen LogP contribution >= 0.6 is 0 Å². The van der Waals surface area contributed by atoms with Crippen molar-refractivity contribution in [2.45, 2.75) is 44.4 Å². The first kappa shape index (κ1) is 20.4. The van der Waals surface area contributed by atoms with E-state index in [2.05, 4.69) is 21.3 Å². The Bertz CT molecular complexity index is 925. The van der Waals surface area contributed by atoms with E-state index in [9.17, 15) is 22.8 Å². The number of hydrogen-bond donors (Lipinski definition) is 3. The van der Waals surface area contributed by atoms with Crippen molar-refractivity contribution in [1.82, 2.24) is 20.6 Å². The molecular weight excluding hydrogens is 399 g/mol. The lowest BCUT2D eigenvalue weighted by Crippen LogP contribution is -2.55. The Labute approximate surface area is 171 Å². The van der Waals surface area contributed by atoms with Crippen LogP contribution in [0.2, 0.25) is 0 Å². The molecule has 7 nitrogen and oxygen atoms in total. The molecule has 2 amide bonds. The monoisotopic (exact) mass is 421 g/mol.